The minimum absolute atomic E-state index is 0.767. The van der Waals surface area contributed by atoms with E-state index in [2.05, 4.69) is 4.99 Å². The lowest BCUT2D eigenvalue weighted by Crippen LogP contribution is -2.60. The van der Waals surface area contributed by atoms with E-state index in [-0.39, 0.29) is 0 Å². The highest BCUT2D eigenvalue weighted by Gasteiger charge is 2.49. The van der Waals surface area contributed by atoms with Gasteiger partial charge in [-0.2, -0.15) is 8.42 Å². The van der Waals surface area contributed by atoms with Gasteiger partial charge in [-0.15, -0.1) is 0 Å². The van der Waals surface area contributed by atoms with Gasteiger partial charge >= 0.3 is 0 Å². The Balaban J connectivity index is 3.14. The summed E-state index contributed by atoms with van der Waals surface area (Å²) < 4.78 is 35.9. The number of aliphatic hydroxyl groups excluding tert-OH is 3. The topological polar surface area (TPSA) is 160 Å². The third kappa shape index (κ3) is 3.16. The maximum absolute atomic E-state index is 11.1. The maximum Gasteiger partial charge on any atom is 0.294 e. The summed E-state index contributed by atoms with van der Waals surface area (Å²) >= 11 is 0. The average Bonchev–Trinajstić information content (AvgIpc) is 2.23. The van der Waals surface area contributed by atoms with E-state index in [0.717, 1.165) is 6.92 Å². The van der Waals surface area contributed by atoms with Crippen LogP contribution in [0.2, 0.25) is 0 Å². The Kier molecular flexibility index (Phi) is 4.64. The summed E-state index contributed by atoms with van der Waals surface area (Å²) in [5.41, 5.74) is -2.02. The number of nitrogens with zero attached hydrogens (tertiary/aromatic N) is 1. The molecule has 10 heteroatoms. The van der Waals surface area contributed by atoms with Gasteiger partial charge in [0.25, 0.3) is 10.1 Å². The summed E-state index contributed by atoms with van der Waals surface area (Å²) in [6.07, 6.45) is -4.78. The summed E-state index contributed by atoms with van der Waals surface area (Å²) in [5.74, 6) is -0.800. The first-order valence-corrected chi connectivity index (χ1v) is 6.49. The van der Waals surface area contributed by atoms with E-state index in [1.165, 1.54) is 0 Å². The molecule has 1 aliphatic rings. The van der Waals surface area contributed by atoms with Crippen LogP contribution in [0.1, 0.15) is 6.92 Å². The molecule has 0 aromatic rings. The lowest BCUT2D eigenvalue weighted by molar-refractivity contribution is -0.219. The fourth-order valence-electron chi connectivity index (χ4n) is 1.66. The van der Waals surface area contributed by atoms with E-state index in [0.29, 0.717) is 0 Å². The van der Waals surface area contributed by atoms with Gasteiger partial charge in [-0.3, -0.25) is 9.55 Å². The molecule has 0 spiro atoms. The van der Waals surface area contributed by atoms with Crippen LogP contribution in [0.25, 0.3) is 0 Å². The van der Waals surface area contributed by atoms with Gasteiger partial charge in [-0.05, 0) is 12.8 Å². The molecule has 0 bridgehead atoms. The van der Waals surface area contributed by atoms with Crippen molar-refractivity contribution in [3.63, 3.8) is 0 Å². The minimum atomic E-state index is -4.77. The average molecular weight is 284 g/mol. The molecule has 9 nitrogen and oxygen atoms in total. The molecular formula is C8H14NO8S-. The van der Waals surface area contributed by atoms with Crippen LogP contribution in [0.4, 0.5) is 0 Å². The summed E-state index contributed by atoms with van der Waals surface area (Å²) in [4.78, 5) is 3.29. The third-order valence-electron chi connectivity index (χ3n) is 2.47. The van der Waals surface area contributed by atoms with Crippen LogP contribution < -0.4 is 5.11 Å². The molecule has 5 atom stereocenters. The van der Waals surface area contributed by atoms with Crippen LogP contribution in [-0.2, 0) is 14.9 Å². The van der Waals surface area contributed by atoms with Gasteiger partial charge < -0.3 is 25.2 Å². The van der Waals surface area contributed by atoms with E-state index in [1.54, 1.807) is 0 Å². The van der Waals surface area contributed by atoms with Gasteiger partial charge in [0.05, 0.1) is 6.61 Å². The Labute approximate surface area is 103 Å². The van der Waals surface area contributed by atoms with Gasteiger partial charge in [-0.25, -0.2) is 0 Å². The van der Waals surface area contributed by atoms with Crippen molar-refractivity contribution in [3.8, 4) is 0 Å². The second-order valence-corrected chi connectivity index (χ2v) is 5.35. The zero-order valence-electron chi connectivity index (χ0n) is 9.37. The fraction of sp³-hybridized carbons (Fsp3) is 0.875. The molecule has 0 unspecified atom stereocenters. The molecule has 1 fully saturated rings. The molecular weight excluding hydrogens is 270 g/mol. The molecule has 18 heavy (non-hydrogen) atoms. The van der Waals surface area contributed by atoms with Crippen molar-refractivity contribution >= 4 is 16.0 Å². The van der Waals surface area contributed by atoms with Gasteiger partial charge in [0.2, 0.25) is 5.44 Å². The molecule has 0 amide bonds. The summed E-state index contributed by atoms with van der Waals surface area (Å²) in [6.45, 7) is 0.245. The van der Waals surface area contributed by atoms with Crippen LogP contribution in [0.3, 0.4) is 0 Å². The molecule has 1 rings (SSSR count). The zero-order chi connectivity index (χ0) is 14.1. The third-order valence-corrected chi connectivity index (χ3v) is 3.45. The highest BCUT2D eigenvalue weighted by molar-refractivity contribution is 7.86. The molecule has 0 aliphatic carbocycles. The van der Waals surface area contributed by atoms with Crippen molar-refractivity contribution in [1.82, 2.24) is 0 Å². The first-order chi connectivity index (χ1) is 8.18. The van der Waals surface area contributed by atoms with Gasteiger partial charge in [0.15, 0.2) is 0 Å². The van der Waals surface area contributed by atoms with Crippen LogP contribution >= 0.6 is 0 Å². The zero-order valence-corrected chi connectivity index (χ0v) is 10.2. The molecule has 106 valence electrons. The van der Waals surface area contributed by atoms with Crippen molar-refractivity contribution in [1.29, 1.82) is 0 Å². The number of hydrogen-bond acceptors (Lipinski definition) is 8. The minimum Gasteiger partial charge on any atom is -0.862 e. The summed E-state index contributed by atoms with van der Waals surface area (Å²) in [7, 11) is -4.77. The molecule has 0 aromatic heterocycles. The highest BCUT2D eigenvalue weighted by atomic mass is 32.2. The smallest absolute Gasteiger partial charge is 0.294 e. The first-order valence-electron chi connectivity index (χ1n) is 4.98. The predicted molar refractivity (Wildman–Crippen MR) is 56.2 cm³/mol. The summed E-state index contributed by atoms with van der Waals surface area (Å²) in [6, 6.07) is -1.66. The molecule has 0 radical (unpaired) electrons. The van der Waals surface area contributed by atoms with E-state index in [1.807, 2.05) is 0 Å². The Hall–Kier alpha value is -0.780. The number of aliphatic hydroxyl groups is 3. The van der Waals surface area contributed by atoms with Crippen molar-refractivity contribution in [2.24, 2.45) is 4.99 Å². The van der Waals surface area contributed by atoms with Crippen LogP contribution in [0.15, 0.2) is 4.99 Å². The number of ether oxygens (including phenoxy) is 1. The van der Waals surface area contributed by atoms with Crippen molar-refractivity contribution in [2.45, 2.75) is 36.7 Å². The Morgan fingerprint density at radius 2 is 1.94 bits per heavy atom. The predicted octanol–water partition coefficient (Wildman–Crippen LogP) is -3.54. The Bertz CT molecular complexity index is 417. The molecule has 1 heterocycles. The normalized spacial score (nSPS) is 38.7. The van der Waals surface area contributed by atoms with Crippen molar-refractivity contribution < 1.29 is 38.1 Å². The van der Waals surface area contributed by atoms with Crippen LogP contribution in [-0.4, -0.2) is 70.6 Å². The molecule has 0 saturated carbocycles. The number of aliphatic imine (C=N–C) groups is 1. The lowest BCUT2D eigenvalue weighted by Gasteiger charge is -2.39. The summed E-state index contributed by atoms with van der Waals surface area (Å²) in [5, 5.41) is 38.9. The van der Waals surface area contributed by atoms with Crippen molar-refractivity contribution in [2.75, 3.05) is 6.61 Å². The van der Waals surface area contributed by atoms with E-state index in [9.17, 15) is 23.7 Å². The molecule has 0 aromatic carbocycles. The van der Waals surface area contributed by atoms with Gasteiger partial charge in [-0.1, -0.05) is 0 Å². The number of hydrogen-bond donors (Lipinski definition) is 4. The highest BCUT2D eigenvalue weighted by Crippen LogP contribution is 2.26. The van der Waals surface area contributed by atoms with E-state index in [4.69, 9.17) is 14.4 Å². The second kappa shape index (κ2) is 5.47. The van der Waals surface area contributed by atoms with Crippen LogP contribution in [0, 0.1) is 0 Å². The Morgan fingerprint density at radius 1 is 1.39 bits per heavy atom. The SMILES string of the molecule is CC([O-])=N[C@@H]1[C@@H](O)[C@H](O)[C@@H](CO)O[C@@H]1S(=O)(=O)O. The first kappa shape index (κ1) is 15.3. The maximum atomic E-state index is 11.1. The monoisotopic (exact) mass is 284 g/mol. The van der Waals surface area contributed by atoms with Gasteiger partial charge in [0.1, 0.15) is 24.4 Å². The van der Waals surface area contributed by atoms with E-state index >= 15 is 0 Å². The standard InChI is InChI=1S/C8H15NO8S/c1-3(11)9-5-7(13)6(12)4(2-10)17-8(5)18(14,15)16/h4-8,10,12-13H,2H2,1H3,(H,9,11)(H,14,15,16)/p-1/t4-,5-,6-,7-,8-/m1/s1. The quantitative estimate of drug-likeness (QED) is 0.235. The van der Waals surface area contributed by atoms with Crippen molar-refractivity contribution in [3.05, 3.63) is 0 Å². The fourth-order valence-corrected chi connectivity index (χ4v) is 2.52. The molecule has 4 N–H and O–H groups in total. The molecule has 1 aliphatic heterocycles. The van der Waals surface area contributed by atoms with E-state index < -0.39 is 52.4 Å². The Morgan fingerprint density at radius 3 is 2.33 bits per heavy atom. The lowest BCUT2D eigenvalue weighted by atomic mass is 9.98. The van der Waals surface area contributed by atoms with Crippen LogP contribution in [0.5, 0.6) is 0 Å². The second-order valence-electron chi connectivity index (χ2n) is 3.86. The molecule has 1 saturated heterocycles. The van der Waals surface area contributed by atoms with Gasteiger partial charge in [0, 0.05) is 0 Å². The largest absolute Gasteiger partial charge is 0.862 e. The number of rotatable bonds is 3.